The molecule has 0 aromatic heterocycles. The lowest BCUT2D eigenvalue weighted by atomic mass is 10.1. The van der Waals surface area contributed by atoms with Gasteiger partial charge in [0.05, 0.1) is 10.7 Å². The molecule has 0 saturated carbocycles. The third kappa shape index (κ3) is 3.05. The standard InChI is InChI=1S/C14H10ClF2NO2/c15-9-7-8(5-6-10(9)16)13(14(19)20)18-12-4-2-1-3-11(12)17/h1-7,13,18H,(H,19,20). The lowest BCUT2D eigenvalue weighted by Gasteiger charge is -2.17. The van der Waals surface area contributed by atoms with E-state index in [0.29, 0.717) is 0 Å². The monoisotopic (exact) mass is 297 g/mol. The van der Waals surface area contributed by atoms with Gasteiger partial charge in [0.2, 0.25) is 0 Å². The highest BCUT2D eigenvalue weighted by atomic mass is 35.5. The summed E-state index contributed by atoms with van der Waals surface area (Å²) in [6.07, 6.45) is 0. The molecule has 2 aromatic rings. The number of nitrogens with one attached hydrogen (secondary N) is 1. The fourth-order valence-corrected chi connectivity index (χ4v) is 1.90. The van der Waals surface area contributed by atoms with Gasteiger partial charge >= 0.3 is 5.97 Å². The van der Waals surface area contributed by atoms with E-state index in [9.17, 15) is 18.7 Å². The van der Waals surface area contributed by atoms with Gasteiger partial charge in [-0.2, -0.15) is 0 Å². The van der Waals surface area contributed by atoms with E-state index in [1.165, 1.54) is 30.3 Å². The van der Waals surface area contributed by atoms with Gasteiger partial charge in [-0.05, 0) is 29.8 Å². The van der Waals surface area contributed by atoms with Crippen LogP contribution in [0.4, 0.5) is 14.5 Å². The molecule has 6 heteroatoms. The topological polar surface area (TPSA) is 49.3 Å². The maximum atomic E-state index is 13.5. The molecule has 3 nitrogen and oxygen atoms in total. The van der Waals surface area contributed by atoms with Gasteiger partial charge in [0.15, 0.2) is 6.04 Å². The molecule has 2 aromatic carbocycles. The van der Waals surface area contributed by atoms with Crippen LogP contribution >= 0.6 is 11.6 Å². The molecular weight excluding hydrogens is 288 g/mol. The fraction of sp³-hybridized carbons (Fsp3) is 0.0714. The third-order valence-corrected chi connectivity index (χ3v) is 2.99. The van der Waals surface area contributed by atoms with Crippen molar-refractivity contribution in [2.75, 3.05) is 5.32 Å². The number of para-hydroxylation sites is 1. The van der Waals surface area contributed by atoms with Crippen LogP contribution in [0.15, 0.2) is 42.5 Å². The minimum Gasteiger partial charge on any atom is -0.479 e. The summed E-state index contributed by atoms with van der Waals surface area (Å²) in [7, 11) is 0. The van der Waals surface area contributed by atoms with E-state index in [1.807, 2.05) is 0 Å². The van der Waals surface area contributed by atoms with Gasteiger partial charge in [0.25, 0.3) is 0 Å². The maximum absolute atomic E-state index is 13.5. The van der Waals surface area contributed by atoms with Gasteiger partial charge in [0.1, 0.15) is 11.6 Å². The third-order valence-electron chi connectivity index (χ3n) is 2.70. The van der Waals surface area contributed by atoms with Crippen molar-refractivity contribution in [3.8, 4) is 0 Å². The van der Waals surface area contributed by atoms with E-state index in [1.54, 1.807) is 6.07 Å². The summed E-state index contributed by atoms with van der Waals surface area (Å²) >= 11 is 5.63. The molecule has 0 bridgehead atoms. The molecule has 0 heterocycles. The molecule has 0 radical (unpaired) electrons. The Kier molecular flexibility index (Phi) is 4.20. The Morgan fingerprint density at radius 2 is 1.85 bits per heavy atom. The first-order chi connectivity index (χ1) is 9.49. The minimum atomic E-state index is -1.23. The second-order valence-electron chi connectivity index (χ2n) is 4.07. The van der Waals surface area contributed by atoms with Gasteiger partial charge in [0, 0.05) is 0 Å². The Hall–Kier alpha value is -2.14. The number of halogens is 3. The van der Waals surface area contributed by atoms with E-state index >= 15 is 0 Å². The normalized spacial score (nSPS) is 11.9. The molecule has 0 fully saturated rings. The predicted octanol–water partition coefficient (Wildman–Crippen LogP) is 3.86. The summed E-state index contributed by atoms with van der Waals surface area (Å²) in [6.45, 7) is 0. The summed E-state index contributed by atoms with van der Waals surface area (Å²) in [5, 5.41) is 11.6. The van der Waals surface area contributed by atoms with Crippen molar-refractivity contribution in [2.45, 2.75) is 6.04 Å². The summed E-state index contributed by atoms with van der Waals surface area (Å²) in [6, 6.07) is 8.00. The zero-order chi connectivity index (χ0) is 14.7. The summed E-state index contributed by atoms with van der Waals surface area (Å²) in [4.78, 5) is 11.3. The Morgan fingerprint density at radius 1 is 1.15 bits per heavy atom. The molecule has 104 valence electrons. The molecule has 1 unspecified atom stereocenters. The van der Waals surface area contributed by atoms with Crippen LogP contribution in [0.5, 0.6) is 0 Å². The summed E-state index contributed by atoms with van der Waals surface area (Å²) in [5.74, 6) is -2.45. The molecule has 0 saturated heterocycles. The number of aliphatic carboxylic acids is 1. The molecule has 2 N–H and O–H groups in total. The van der Waals surface area contributed by atoms with Crippen LogP contribution in [-0.4, -0.2) is 11.1 Å². The summed E-state index contributed by atoms with van der Waals surface area (Å²) < 4.78 is 26.6. The Morgan fingerprint density at radius 3 is 2.45 bits per heavy atom. The van der Waals surface area contributed by atoms with Gasteiger partial charge in [-0.3, -0.25) is 0 Å². The lowest BCUT2D eigenvalue weighted by molar-refractivity contribution is -0.138. The first-order valence-corrected chi connectivity index (χ1v) is 6.05. The number of carboxylic acids is 1. The second-order valence-corrected chi connectivity index (χ2v) is 4.48. The highest BCUT2D eigenvalue weighted by Gasteiger charge is 2.21. The number of anilines is 1. The van der Waals surface area contributed by atoms with Crippen molar-refractivity contribution >= 4 is 23.3 Å². The molecule has 20 heavy (non-hydrogen) atoms. The molecule has 0 aliphatic rings. The molecule has 2 rings (SSSR count). The molecule has 1 atom stereocenters. The van der Waals surface area contributed by atoms with E-state index in [0.717, 1.165) is 6.07 Å². The van der Waals surface area contributed by atoms with E-state index in [2.05, 4.69) is 5.32 Å². The van der Waals surface area contributed by atoms with Crippen molar-refractivity contribution in [2.24, 2.45) is 0 Å². The van der Waals surface area contributed by atoms with E-state index < -0.39 is 23.6 Å². The number of hydrogen-bond donors (Lipinski definition) is 2. The van der Waals surface area contributed by atoms with Gasteiger partial charge in [-0.1, -0.05) is 29.8 Å². The second kappa shape index (κ2) is 5.88. The molecule has 0 aliphatic carbocycles. The van der Waals surface area contributed by atoms with Crippen LogP contribution < -0.4 is 5.32 Å². The molecule has 0 amide bonds. The molecule has 0 spiro atoms. The first-order valence-electron chi connectivity index (χ1n) is 5.68. The highest BCUT2D eigenvalue weighted by Crippen LogP contribution is 2.25. The fourth-order valence-electron chi connectivity index (χ4n) is 1.71. The number of carboxylic acid groups (broad SMARTS) is 1. The summed E-state index contributed by atoms with van der Waals surface area (Å²) in [5.41, 5.74) is 0.271. The quantitative estimate of drug-likeness (QED) is 0.901. The van der Waals surface area contributed by atoms with Crippen molar-refractivity contribution in [1.29, 1.82) is 0 Å². The average molecular weight is 298 g/mol. The average Bonchev–Trinajstić information content (AvgIpc) is 2.41. The number of rotatable bonds is 4. The SMILES string of the molecule is O=C(O)C(Nc1ccccc1F)c1ccc(F)c(Cl)c1. The number of carbonyl (C=O) groups is 1. The smallest absolute Gasteiger partial charge is 0.330 e. The van der Waals surface area contributed by atoms with Crippen molar-refractivity contribution in [3.63, 3.8) is 0 Å². The van der Waals surface area contributed by atoms with Gasteiger partial charge < -0.3 is 10.4 Å². The van der Waals surface area contributed by atoms with Gasteiger partial charge in [-0.15, -0.1) is 0 Å². The van der Waals surface area contributed by atoms with Crippen LogP contribution in [0, 0.1) is 11.6 Å². The zero-order valence-electron chi connectivity index (χ0n) is 10.1. The maximum Gasteiger partial charge on any atom is 0.330 e. The lowest BCUT2D eigenvalue weighted by Crippen LogP contribution is -2.21. The van der Waals surface area contributed by atoms with E-state index in [-0.39, 0.29) is 16.3 Å². The van der Waals surface area contributed by atoms with Crippen LogP contribution in [0.3, 0.4) is 0 Å². The van der Waals surface area contributed by atoms with Crippen LogP contribution in [0.2, 0.25) is 5.02 Å². The Labute approximate surface area is 118 Å². The minimum absolute atomic E-state index is 0.0420. The van der Waals surface area contributed by atoms with Crippen LogP contribution in [0.1, 0.15) is 11.6 Å². The molecular formula is C14H10ClF2NO2. The zero-order valence-corrected chi connectivity index (χ0v) is 10.9. The highest BCUT2D eigenvalue weighted by molar-refractivity contribution is 6.30. The van der Waals surface area contributed by atoms with Crippen LogP contribution in [-0.2, 0) is 4.79 Å². The van der Waals surface area contributed by atoms with E-state index in [4.69, 9.17) is 11.6 Å². The van der Waals surface area contributed by atoms with Crippen molar-refractivity contribution < 1.29 is 18.7 Å². The van der Waals surface area contributed by atoms with Crippen molar-refractivity contribution in [3.05, 3.63) is 64.7 Å². The number of benzene rings is 2. The van der Waals surface area contributed by atoms with Crippen molar-refractivity contribution in [1.82, 2.24) is 0 Å². The van der Waals surface area contributed by atoms with Gasteiger partial charge in [-0.25, -0.2) is 13.6 Å². The number of hydrogen-bond acceptors (Lipinski definition) is 2. The largest absolute Gasteiger partial charge is 0.479 e. The first kappa shape index (κ1) is 14.3. The van der Waals surface area contributed by atoms with Crippen LogP contribution in [0.25, 0.3) is 0 Å². The Balaban J connectivity index is 2.34. The molecule has 0 aliphatic heterocycles. The predicted molar refractivity (Wildman–Crippen MR) is 71.8 cm³/mol. The Bertz CT molecular complexity index is 649.